The van der Waals surface area contributed by atoms with Crippen molar-refractivity contribution < 1.29 is 0 Å². The van der Waals surface area contributed by atoms with E-state index in [4.69, 9.17) is 17.3 Å². The summed E-state index contributed by atoms with van der Waals surface area (Å²) in [7, 11) is 0. The van der Waals surface area contributed by atoms with Crippen LogP contribution in [0.15, 0.2) is 54.6 Å². The van der Waals surface area contributed by atoms with Gasteiger partial charge in [-0.05, 0) is 24.1 Å². The van der Waals surface area contributed by atoms with Gasteiger partial charge in [0.15, 0.2) is 5.82 Å². The lowest BCUT2D eigenvalue weighted by atomic mass is 10.1. The highest BCUT2D eigenvalue weighted by Gasteiger charge is 2.13. The molecule has 0 aliphatic rings. The molecule has 0 saturated heterocycles. The van der Waals surface area contributed by atoms with Crippen LogP contribution in [0.2, 0.25) is 5.02 Å². The highest BCUT2D eigenvalue weighted by Crippen LogP contribution is 2.21. The minimum atomic E-state index is -0.215. The predicted octanol–water partition coefficient (Wildman–Crippen LogP) is 3.37. The van der Waals surface area contributed by atoms with Crippen LogP contribution in [0.4, 0.5) is 0 Å². The third kappa shape index (κ3) is 3.29. The Hall–Kier alpha value is -2.17. The molecule has 4 nitrogen and oxygen atoms in total. The van der Waals surface area contributed by atoms with Crippen LogP contribution in [0.1, 0.15) is 17.4 Å². The standard InChI is InChI=1S/C16H15ClN4/c17-13-8-4-7-12(10-13)15-19-16(21-20-15)14(18)9-11-5-2-1-3-6-11/h1-8,10,14H,9,18H2,(H,19,20,21)/t14-/m1/s1. The zero-order valence-corrected chi connectivity index (χ0v) is 12.1. The zero-order chi connectivity index (χ0) is 14.7. The molecule has 0 spiro atoms. The molecular formula is C16H15ClN4. The summed E-state index contributed by atoms with van der Waals surface area (Å²) in [6.07, 6.45) is 0.713. The van der Waals surface area contributed by atoms with Crippen LogP contribution in [0.25, 0.3) is 11.4 Å². The van der Waals surface area contributed by atoms with Gasteiger partial charge in [-0.3, -0.25) is 5.10 Å². The third-order valence-electron chi connectivity index (χ3n) is 3.24. The number of rotatable bonds is 4. The Balaban J connectivity index is 1.78. The van der Waals surface area contributed by atoms with Crippen LogP contribution in [-0.2, 0) is 6.42 Å². The highest BCUT2D eigenvalue weighted by atomic mass is 35.5. The van der Waals surface area contributed by atoms with E-state index in [1.165, 1.54) is 5.56 Å². The number of hydrogen-bond acceptors (Lipinski definition) is 3. The smallest absolute Gasteiger partial charge is 0.181 e. The molecule has 0 aliphatic heterocycles. The van der Waals surface area contributed by atoms with E-state index in [9.17, 15) is 0 Å². The minimum Gasteiger partial charge on any atom is -0.321 e. The van der Waals surface area contributed by atoms with Gasteiger partial charge >= 0.3 is 0 Å². The van der Waals surface area contributed by atoms with Gasteiger partial charge in [0.2, 0.25) is 0 Å². The maximum atomic E-state index is 6.19. The molecule has 3 aromatic rings. The molecule has 3 rings (SSSR count). The quantitative estimate of drug-likeness (QED) is 0.776. The van der Waals surface area contributed by atoms with E-state index in [0.717, 1.165) is 5.56 Å². The van der Waals surface area contributed by atoms with Crippen LogP contribution in [0, 0.1) is 0 Å². The van der Waals surface area contributed by atoms with Crippen LogP contribution in [0.3, 0.4) is 0 Å². The molecule has 3 N–H and O–H groups in total. The average Bonchev–Trinajstić information content (AvgIpc) is 2.98. The molecule has 1 heterocycles. The van der Waals surface area contributed by atoms with Crippen LogP contribution in [-0.4, -0.2) is 15.2 Å². The van der Waals surface area contributed by atoms with Crippen molar-refractivity contribution in [2.45, 2.75) is 12.5 Å². The first kappa shape index (κ1) is 13.8. The van der Waals surface area contributed by atoms with E-state index in [0.29, 0.717) is 23.1 Å². The molecule has 0 bridgehead atoms. The monoisotopic (exact) mass is 298 g/mol. The summed E-state index contributed by atoms with van der Waals surface area (Å²) in [6, 6.07) is 17.3. The number of H-pyrrole nitrogens is 1. The SMILES string of the molecule is N[C@H](Cc1ccccc1)c1nc(-c2cccc(Cl)c2)n[nH]1. The second-order valence-electron chi connectivity index (χ2n) is 4.85. The Kier molecular flexibility index (Phi) is 3.99. The van der Waals surface area contributed by atoms with Crippen LogP contribution in [0.5, 0.6) is 0 Å². The molecule has 0 unspecified atom stereocenters. The summed E-state index contributed by atoms with van der Waals surface area (Å²) in [6.45, 7) is 0. The lowest BCUT2D eigenvalue weighted by Crippen LogP contribution is -2.15. The van der Waals surface area contributed by atoms with Gasteiger partial charge < -0.3 is 5.73 Å². The van der Waals surface area contributed by atoms with Gasteiger partial charge in [0, 0.05) is 10.6 Å². The maximum Gasteiger partial charge on any atom is 0.181 e. The summed E-state index contributed by atoms with van der Waals surface area (Å²) < 4.78 is 0. The molecule has 1 aromatic heterocycles. The molecule has 106 valence electrons. The van der Waals surface area contributed by atoms with Crippen molar-refractivity contribution in [3.05, 3.63) is 71.0 Å². The summed E-state index contributed by atoms with van der Waals surface area (Å²) in [5, 5.41) is 7.79. The van der Waals surface area contributed by atoms with Crippen molar-refractivity contribution in [2.24, 2.45) is 5.73 Å². The number of benzene rings is 2. The van der Waals surface area contributed by atoms with E-state index in [1.807, 2.05) is 54.6 Å². The van der Waals surface area contributed by atoms with Crippen molar-refractivity contribution in [3.63, 3.8) is 0 Å². The molecular weight excluding hydrogens is 284 g/mol. The van der Waals surface area contributed by atoms with E-state index < -0.39 is 0 Å². The molecule has 21 heavy (non-hydrogen) atoms. The first-order valence-electron chi connectivity index (χ1n) is 6.70. The van der Waals surface area contributed by atoms with Crippen molar-refractivity contribution in [1.82, 2.24) is 15.2 Å². The molecule has 0 fully saturated rings. The summed E-state index contributed by atoms with van der Waals surface area (Å²) in [4.78, 5) is 4.47. The normalized spacial score (nSPS) is 12.3. The van der Waals surface area contributed by atoms with Gasteiger partial charge in [-0.2, -0.15) is 5.10 Å². The fourth-order valence-electron chi connectivity index (χ4n) is 2.16. The van der Waals surface area contributed by atoms with Gasteiger partial charge in [-0.15, -0.1) is 0 Å². The third-order valence-corrected chi connectivity index (χ3v) is 3.47. The Morgan fingerprint density at radius 3 is 2.67 bits per heavy atom. The van der Waals surface area contributed by atoms with Gasteiger partial charge in [0.05, 0.1) is 6.04 Å². The topological polar surface area (TPSA) is 67.6 Å². The first-order valence-corrected chi connectivity index (χ1v) is 7.08. The van der Waals surface area contributed by atoms with Crippen LogP contribution < -0.4 is 5.73 Å². The Bertz CT molecular complexity index is 724. The molecule has 0 saturated carbocycles. The Morgan fingerprint density at radius 1 is 1.10 bits per heavy atom. The lowest BCUT2D eigenvalue weighted by molar-refractivity contribution is 0.671. The number of aromatic nitrogens is 3. The number of halogens is 1. The van der Waals surface area contributed by atoms with Gasteiger partial charge in [0.1, 0.15) is 5.82 Å². The first-order chi connectivity index (χ1) is 10.2. The fraction of sp³-hybridized carbons (Fsp3) is 0.125. The molecule has 5 heteroatoms. The summed E-state index contributed by atoms with van der Waals surface area (Å²) >= 11 is 5.98. The van der Waals surface area contributed by atoms with Gasteiger partial charge in [0.25, 0.3) is 0 Å². The van der Waals surface area contributed by atoms with Crippen LogP contribution >= 0.6 is 11.6 Å². The zero-order valence-electron chi connectivity index (χ0n) is 11.3. The number of nitrogens with two attached hydrogens (primary N) is 1. The second-order valence-corrected chi connectivity index (χ2v) is 5.29. The highest BCUT2D eigenvalue weighted by molar-refractivity contribution is 6.30. The summed E-state index contributed by atoms with van der Waals surface area (Å²) in [5.41, 5.74) is 8.23. The second kappa shape index (κ2) is 6.08. The fourth-order valence-corrected chi connectivity index (χ4v) is 2.35. The molecule has 2 aromatic carbocycles. The van der Waals surface area contributed by atoms with E-state index in [2.05, 4.69) is 15.2 Å². The molecule has 0 radical (unpaired) electrons. The Labute approximate surface area is 128 Å². The number of aromatic amines is 1. The average molecular weight is 299 g/mol. The molecule has 1 atom stereocenters. The minimum absolute atomic E-state index is 0.215. The molecule has 0 amide bonds. The van der Waals surface area contributed by atoms with Gasteiger partial charge in [-0.1, -0.05) is 54.1 Å². The van der Waals surface area contributed by atoms with Crippen molar-refractivity contribution in [3.8, 4) is 11.4 Å². The predicted molar refractivity (Wildman–Crippen MR) is 83.9 cm³/mol. The van der Waals surface area contributed by atoms with E-state index in [-0.39, 0.29) is 6.04 Å². The van der Waals surface area contributed by atoms with Gasteiger partial charge in [-0.25, -0.2) is 4.98 Å². The van der Waals surface area contributed by atoms with E-state index in [1.54, 1.807) is 0 Å². The Morgan fingerprint density at radius 2 is 1.90 bits per heavy atom. The number of hydrogen-bond donors (Lipinski definition) is 2. The number of nitrogens with zero attached hydrogens (tertiary/aromatic N) is 2. The van der Waals surface area contributed by atoms with E-state index >= 15 is 0 Å². The summed E-state index contributed by atoms with van der Waals surface area (Å²) in [5.74, 6) is 1.28. The molecule has 0 aliphatic carbocycles. The maximum absolute atomic E-state index is 6.19. The van der Waals surface area contributed by atoms with Crippen molar-refractivity contribution in [1.29, 1.82) is 0 Å². The van der Waals surface area contributed by atoms with Crippen molar-refractivity contribution >= 4 is 11.6 Å². The lowest BCUT2D eigenvalue weighted by Gasteiger charge is -2.07. The largest absolute Gasteiger partial charge is 0.321 e. The van der Waals surface area contributed by atoms with Crippen molar-refractivity contribution in [2.75, 3.05) is 0 Å². The number of nitrogens with one attached hydrogen (secondary N) is 1.